The Kier molecular flexibility index (Phi) is 6.77. The molecule has 1 spiro atoms. The maximum absolute atomic E-state index is 13.1. The van der Waals surface area contributed by atoms with Crippen LogP contribution in [-0.4, -0.2) is 84.3 Å². The van der Waals surface area contributed by atoms with Crippen molar-refractivity contribution >= 4 is 12.0 Å². The van der Waals surface area contributed by atoms with Crippen LogP contribution in [0.4, 0.5) is 4.79 Å². The zero-order valence-corrected chi connectivity index (χ0v) is 20.2. The van der Waals surface area contributed by atoms with Crippen molar-refractivity contribution in [2.75, 3.05) is 52.4 Å². The quantitative estimate of drug-likeness (QED) is 0.670. The molecule has 5 rings (SSSR count). The van der Waals surface area contributed by atoms with Crippen molar-refractivity contribution in [1.82, 2.24) is 19.9 Å². The molecule has 0 unspecified atom stereocenters. The number of hydrogen-bond donors (Lipinski definition) is 0. The van der Waals surface area contributed by atoms with Gasteiger partial charge < -0.3 is 24.0 Å². The van der Waals surface area contributed by atoms with Crippen molar-refractivity contribution in [3.8, 4) is 0 Å². The maximum atomic E-state index is 13.1. The van der Waals surface area contributed by atoms with Crippen LogP contribution in [-0.2, 0) is 4.74 Å². The van der Waals surface area contributed by atoms with E-state index in [0.717, 1.165) is 77.8 Å². The second-order valence-corrected chi connectivity index (χ2v) is 10.2. The van der Waals surface area contributed by atoms with Gasteiger partial charge in [-0.2, -0.15) is 0 Å². The van der Waals surface area contributed by atoms with Crippen LogP contribution in [0.15, 0.2) is 40.1 Å². The van der Waals surface area contributed by atoms with E-state index in [1.807, 2.05) is 16.7 Å². The van der Waals surface area contributed by atoms with Gasteiger partial charge >= 0.3 is 6.09 Å². The zero-order chi connectivity index (χ0) is 23.5. The van der Waals surface area contributed by atoms with Gasteiger partial charge in [0.1, 0.15) is 0 Å². The summed E-state index contributed by atoms with van der Waals surface area (Å²) in [7, 11) is 0. The van der Waals surface area contributed by atoms with Crippen LogP contribution in [0.25, 0.3) is 0 Å². The van der Waals surface area contributed by atoms with E-state index in [0.29, 0.717) is 24.8 Å². The van der Waals surface area contributed by atoms with E-state index in [1.54, 1.807) is 11.6 Å². The Balaban J connectivity index is 1.21. The van der Waals surface area contributed by atoms with Gasteiger partial charge in [0.2, 0.25) is 5.76 Å². The van der Waals surface area contributed by atoms with E-state index in [1.165, 1.54) is 11.8 Å². The van der Waals surface area contributed by atoms with E-state index >= 15 is 0 Å². The Bertz CT molecular complexity index is 938. The Hall–Kier alpha value is -2.61. The Morgan fingerprint density at radius 2 is 1.97 bits per heavy atom. The molecule has 0 N–H and O–H groups in total. The van der Waals surface area contributed by atoms with Crippen molar-refractivity contribution in [2.24, 2.45) is 11.3 Å². The largest absolute Gasteiger partial charge is 0.450 e. The summed E-state index contributed by atoms with van der Waals surface area (Å²) in [6.07, 6.45) is 12.3. The number of fused-ring (bicyclic) bond motifs is 1. The predicted octanol–water partition coefficient (Wildman–Crippen LogP) is 3.73. The number of ether oxygens (including phenoxy) is 1. The Morgan fingerprint density at radius 1 is 1.18 bits per heavy atom. The number of piperidine rings is 2. The molecule has 2 amide bonds. The third-order valence-electron chi connectivity index (χ3n) is 8.17. The summed E-state index contributed by atoms with van der Waals surface area (Å²) in [5, 5.41) is 3.73. The minimum atomic E-state index is -0.173. The fraction of sp³-hybridized carbons (Fsp3) is 0.654. The number of likely N-dealkylation sites (tertiary alicyclic amines) is 2. The van der Waals surface area contributed by atoms with Gasteiger partial charge in [-0.3, -0.25) is 4.79 Å². The van der Waals surface area contributed by atoms with Crippen molar-refractivity contribution in [3.63, 3.8) is 0 Å². The molecule has 4 aliphatic rings. The number of nitrogens with zero attached hydrogens (tertiary/aromatic N) is 4. The molecule has 1 aromatic rings. The number of rotatable bonds is 4. The van der Waals surface area contributed by atoms with E-state index in [2.05, 4.69) is 22.2 Å². The fourth-order valence-electron chi connectivity index (χ4n) is 6.32. The summed E-state index contributed by atoms with van der Waals surface area (Å²) in [6, 6.07) is 1.66. The van der Waals surface area contributed by atoms with E-state index in [-0.39, 0.29) is 17.4 Å². The molecule has 1 aromatic heterocycles. The Morgan fingerprint density at radius 3 is 2.68 bits per heavy atom. The van der Waals surface area contributed by atoms with Crippen LogP contribution < -0.4 is 0 Å². The van der Waals surface area contributed by atoms with Crippen LogP contribution in [0.3, 0.4) is 0 Å². The molecule has 3 aliphatic heterocycles. The molecular formula is C26H36N4O4. The molecule has 0 bridgehead atoms. The number of carbonyl (C=O) groups is 2. The second kappa shape index (κ2) is 9.94. The second-order valence-electron chi connectivity index (χ2n) is 10.2. The number of hydrogen-bond acceptors (Lipinski definition) is 6. The van der Waals surface area contributed by atoms with Gasteiger partial charge in [0.05, 0.1) is 12.8 Å². The highest BCUT2D eigenvalue weighted by molar-refractivity contribution is 5.91. The molecule has 1 aliphatic carbocycles. The predicted molar refractivity (Wildman–Crippen MR) is 127 cm³/mol. The smallest absolute Gasteiger partial charge is 0.409 e. The van der Waals surface area contributed by atoms with Gasteiger partial charge in [-0.1, -0.05) is 22.9 Å². The lowest BCUT2D eigenvalue weighted by molar-refractivity contribution is 0.0437. The van der Waals surface area contributed by atoms with Crippen LogP contribution in [0, 0.1) is 11.3 Å². The molecule has 0 atom stereocenters. The van der Waals surface area contributed by atoms with Crippen LogP contribution in [0.2, 0.25) is 0 Å². The first-order chi connectivity index (χ1) is 16.6. The van der Waals surface area contributed by atoms with Crippen molar-refractivity contribution in [3.05, 3.63) is 41.3 Å². The molecule has 8 nitrogen and oxygen atoms in total. The summed E-state index contributed by atoms with van der Waals surface area (Å²) in [5.41, 5.74) is 2.97. The highest BCUT2D eigenvalue weighted by Gasteiger charge is 2.45. The van der Waals surface area contributed by atoms with Gasteiger partial charge in [-0.25, -0.2) is 4.79 Å². The molecule has 0 radical (unpaired) electrons. The maximum Gasteiger partial charge on any atom is 0.409 e. The number of amides is 2. The number of carbonyl (C=O) groups excluding carboxylic acids is 2. The standard InChI is InChI=1S/C26H36N4O4/c1-2-33-25(32)29-13-8-20(9-14-29)17-28-15-10-26(11-16-28)19-30(24(31)23-7-12-27-34-23)18-21-5-3-4-6-22(21)26/h3,5,7,12,20H,2,4,6,8-11,13-19H2,1H3. The van der Waals surface area contributed by atoms with E-state index in [4.69, 9.17) is 9.26 Å². The highest BCUT2D eigenvalue weighted by Crippen LogP contribution is 2.47. The van der Waals surface area contributed by atoms with Gasteiger partial charge in [0.25, 0.3) is 5.91 Å². The lowest BCUT2D eigenvalue weighted by atomic mass is 9.66. The summed E-state index contributed by atoms with van der Waals surface area (Å²) in [4.78, 5) is 31.5. The van der Waals surface area contributed by atoms with E-state index in [9.17, 15) is 9.59 Å². The van der Waals surface area contributed by atoms with E-state index < -0.39 is 0 Å². The summed E-state index contributed by atoms with van der Waals surface area (Å²) in [5.74, 6) is 0.895. The van der Waals surface area contributed by atoms with Crippen LogP contribution in [0.1, 0.15) is 56.0 Å². The first-order valence-corrected chi connectivity index (χ1v) is 12.8. The molecule has 34 heavy (non-hydrogen) atoms. The minimum absolute atomic E-state index is 0.0572. The van der Waals surface area contributed by atoms with Crippen molar-refractivity contribution in [2.45, 2.75) is 45.4 Å². The zero-order valence-electron chi connectivity index (χ0n) is 20.2. The molecule has 2 fully saturated rings. The van der Waals surface area contributed by atoms with Gasteiger partial charge in [0.15, 0.2) is 0 Å². The average molecular weight is 469 g/mol. The van der Waals surface area contributed by atoms with Crippen LogP contribution in [0.5, 0.6) is 0 Å². The topological polar surface area (TPSA) is 79.1 Å². The molecule has 8 heteroatoms. The van der Waals surface area contributed by atoms with Crippen LogP contribution >= 0.6 is 0 Å². The molecule has 0 saturated carbocycles. The first kappa shape index (κ1) is 23.1. The van der Waals surface area contributed by atoms with Gasteiger partial charge in [0, 0.05) is 44.2 Å². The van der Waals surface area contributed by atoms with Crippen molar-refractivity contribution < 1.29 is 18.8 Å². The average Bonchev–Trinajstić information content (AvgIpc) is 3.41. The molecule has 4 heterocycles. The molecule has 0 aromatic carbocycles. The lowest BCUT2D eigenvalue weighted by Crippen LogP contribution is -2.53. The van der Waals surface area contributed by atoms with Crippen molar-refractivity contribution in [1.29, 1.82) is 0 Å². The lowest BCUT2D eigenvalue weighted by Gasteiger charge is -2.50. The third kappa shape index (κ3) is 4.65. The Labute approximate surface area is 201 Å². The number of aromatic nitrogens is 1. The first-order valence-electron chi connectivity index (χ1n) is 12.8. The monoisotopic (exact) mass is 468 g/mol. The minimum Gasteiger partial charge on any atom is -0.450 e. The highest BCUT2D eigenvalue weighted by atomic mass is 16.6. The SMILES string of the molecule is CCOC(=O)N1CCC(CN2CCC3(CC2)CN(C(=O)c2ccno2)CC2=C3CCC=C2)CC1. The third-order valence-corrected chi connectivity index (χ3v) is 8.17. The number of allylic oxidation sites excluding steroid dienone is 1. The summed E-state index contributed by atoms with van der Waals surface area (Å²) in [6.45, 7) is 8.52. The summed E-state index contributed by atoms with van der Waals surface area (Å²) >= 11 is 0. The van der Waals surface area contributed by atoms with Gasteiger partial charge in [-0.15, -0.1) is 0 Å². The normalized spacial score (nSPS) is 23.3. The fourth-order valence-corrected chi connectivity index (χ4v) is 6.32. The molecular weight excluding hydrogens is 432 g/mol. The molecule has 184 valence electrons. The summed E-state index contributed by atoms with van der Waals surface area (Å²) < 4.78 is 10.3. The molecule has 2 saturated heterocycles. The van der Waals surface area contributed by atoms with Gasteiger partial charge in [-0.05, 0) is 70.0 Å².